The molecule has 3 atom stereocenters. The number of ether oxygens (including phenoxy) is 1. The summed E-state index contributed by atoms with van der Waals surface area (Å²) in [5, 5.41) is 10.0. The molecule has 0 spiro atoms. The van der Waals surface area contributed by atoms with Gasteiger partial charge in [-0.2, -0.15) is 0 Å². The van der Waals surface area contributed by atoms with E-state index in [-0.39, 0.29) is 12.2 Å². The van der Waals surface area contributed by atoms with Gasteiger partial charge in [0.25, 0.3) is 0 Å². The second-order valence-electron chi connectivity index (χ2n) is 5.86. The predicted molar refractivity (Wildman–Crippen MR) is 79.6 cm³/mol. The van der Waals surface area contributed by atoms with Crippen LogP contribution in [0.25, 0.3) is 0 Å². The van der Waals surface area contributed by atoms with Crippen LogP contribution in [0.5, 0.6) is 0 Å². The summed E-state index contributed by atoms with van der Waals surface area (Å²) in [5.41, 5.74) is 0. The monoisotopic (exact) mass is 280 g/mol. The van der Waals surface area contributed by atoms with Crippen molar-refractivity contribution in [2.45, 2.75) is 83.0 Å². The number of rotatable bonds is 11. The molecule has 0 radical (unpaired) electrons. The number of unbranched alkanes of at least 4 members (excludes halogenated alkanes) is 7. The molecule has 0 saturated carbocycles. The molecular weight excluding hydrogens is 252 g/mol. The second-order valence-corrected chi connectivity index (χ2v) is 5.86. The SMILES string of the molecule is CCCCCCCCCC[C@H]1O[C@@H]1C(O)c1ccco1. The fourth-order valence-electron chi connectivity index (χ4n) is 2.77. The molecule has 3 heteroatoms. The first kappa shape index (κ1) is 15.6. The van der Waals surface area contributed by atoms with Gasteiger partial charge in [-0.3, -0.25) is 0 Å². The minimum Gasteiger partial charge on any atom is -0.466 e. The lowest BCUT2D eigenvalue weighted by Gasteiger charge is -2.03. The number of hydrogen-bond acceptors (Lipinski definition) is 3. The molecule has 2 rings (SSSR count). The molecule has 1 aromatic heterocycles. The first-order valence-electron chi connectivity index (χ1n) is 8.20. The first-order valence-corrected chi connectivity index (χ1v) is 8.20. The average Bonchev–Trinajstić information content (AvgIpc) is 3.01. The molecule has 20 heavy (non-hydrogen) atoms. The quantitative estimate of drug-likeness (QED) is 0.475. The maximum atomic E-state index is 10.0. The van der Waals surface area contributed by atoms with Crippen molar-refractivity contribution >= 4 is 0 Å². The van der Waals surface area contributed by atoms with Crippen LogP contribution in [-0.2, 0) is 4.74 Å². The Bertz CT molecular complexity index is 347. The van der Waals surface area contributed by atoms with E-state index < -0.39 is 6.10 Å². The third kappa shape index (κ3) is 4.95. The second kappa shape index (κ2) is 8.48. The summed E-state index contributed by atoms with van der Waals surface area (Å²) in [4.78, 5) is 0. The minimum atomic E-state index is -0.593. The number of furan rings is 1. The van der Waals surface area contributed by atoms with Gasteiger partial charge in [0.1, 0.15) is 18.0 Å². The summed E-state index contributed by atoms with van der Waals surface area (Å²) in [7, 11) is 0. The average molecular weight is 280 g/mol. The molecule has 1 aromatic rings. The molecule has 1 saturated heterocycles. The van der Waals surface area contributed by atoms with Crippen molar-refractivity contribution in [2.24, 2.45) is 0 Å². The Morgan fingerprint density at radius 1 is 1.10 bits per heavy atom. The standard InChI is InChI=1S/C17H28O3/c1-2-3-4-5-6-7-8-9-11-15-17(20-15)16(18)14-12-10-13-19-14/h10,12-13,15-18H,2-9,11H2,1H3/t15-,16?,17+/m1/s1. The van der Waals surface area contributed by atoms with Gasteiger partial charge in [-0.05, 0) is 18.6 Å². The summed E-state index contributed by atoms with van der Waals surface area (Å²) in [6.45, 7) is 2.25. The van der Waals surface area contributed by atoms with Gasteiger partial charge >= 0.3 is 0 Å². The van der Waals surface area contributed by atoms with Crippen molar-refractivity contribution in [3.63, 3.8) is 0 Å². The molecule has 0 aliphatic carbocycles. The fraction of sp³-hybridized carbons (Fsp3) is 0.765. The van der Waals surface area contributed by atoms with Crippen LogP contribution in [-0.4, -0.2) is 17.3 Å². The number of aliphatic hydroxyl groups is 1. The zero-order chi connectivity index (χ0) is 14.2. The Morgan fingerprint density at radius 2 is 1.80 bits per heavy atom. The van der Waals surface area contributed by atoms with Gasteiger partial charge in [-0.1, -0.05) is 58.3 Å². The van der Waals surface area contributed by atoms with Gasteiger partial charge in [0.2, 0.25) is 0 Å². The van der Waals surface area contributed by atoms with Crippen LogP contribution in [0.15, 0.2) is 22.8 Å². The van der Waals surface area contributed by atoms with Crippen molar-refractivity contribution < 1.29 is 14.3 Å². The van der Waals surface area contributed by atoms with Crippen molar-refractivity contribution in [1.82, 2.24) is 0 Å². The van der Waals surface area contributed by atoms with Crippen molar-refractivity contribution in [3.05, 3.63) is 24.2 Å². The van der Waals surface area contributed by atoms with E-state index in [1.54, 1.807) is 18.4 Å². The maximum absolute atomic E-state index is 10.0. The van der Waals surface area contributed by atoms with Crippen LogP contribution in [0, 0.1) is 0 Å². The van der Waals surface area contributed by atoms with Gasteiger partial charge in [0.05, 0.1) is 12.4 Å². The normalized spacial score (nSPS) is 22.9. The van der Waals surface area contributed by atoms with Crippen LogP contribution in [0.4, 0.5) is 0 Å². The third-order valence-electron chi connectivity index (χ3n) is 4.11. The topological polar surface area (TPSA) is 45.9 Å². The maximum Gasteiger partial charge on any atom is 0.140 e. The molecule has 0 amide bonds. The smallest absolute Gasteiger partial charge is 0.140 e. The lowest BCUT2D eigenvalue weighted by Crippen LogP contribution is -2.07. The highest BCUT2D eigenvalue weighted by atomic mass is 16.6. The molecule has 114 valence electrons. The zero-order valence-corrected chi connectivity index (χ0v) is 12.6. The van der Waals surface area contributed by atoms with Gasteiger partial charge < -0.3 is 14.3 Å². The lowest BCUT2D eigenvalue weighted by molar-refractivity contribution is 0.114. The Balaban J connectivity index is 1.46. The van der Waals surface area contributed by atoms with E-state index in [0.717, 1.165) is 6.42 Å². The van der Waals surface area contributed by atoms with Crippen LogP contribution in [0.2, 0.25) is 0 Å². The highest BCUT2D eigenvalue weighted by Gasteiger charge is 2.45. The van der Waals surface area contributed by atoms with E-state index in [2.05, 4.69) is 6.92 Å². The molecule has 1 fully saturated rings. The summed E-state index contributed by atoms with van der Waals surface area (Å²) < 4.78 is 10.8. The van der Waals surface area contributed by atoms with Crippen molar-refractivity contribution in [2.75, 3.05) is 0 Å². The predicted octanol–water partition coefficient (Wildman–Crippen LogP) is 4.61. The van der Waals surface area contributed by atoms with Gasteiger partial charge in [0, 0.05) is 0 Å². The van der Waals surface area contributed by atoms with Gasteiger partial charge in [0.15, 0.2) is 0 Å². The van der Waals surface area contributed by atoms with Gasteiger partial charge in [-0.25, -0.2) is 0 Å². The first-order chi connectivity index (χ1) is 9.83. The van der Waals surface area contributed by atoms with E-state index in [4.69, 9.17) is 9.15 Å². The molecule has 1 unspecified atom stereocenters. The highest BCUT2D eigenvalue weighted by Crippen LogP contribution is 2.37. The van der Waals surface area contributed by atoms with E-state index in [9.17, 15) is 5.11 Å². The van der Waals surface area contributed by atoms with E-state index in [1.807, 2.05) is 0 Å². The molecule has 1 N–H and O–H groups in total. The number of epoxide rings is 1. The third-order valence-corrected chi connectivity index (χ3v) is 4.11. The van der Waals surface area contributed by atoms with Crippen LogP contribution < -0.4 is 0 Å². The Hall–Kier alpha value is -0.800. The van der Waals surface area contributed by atoms with Crippen LogP contribution in [0.1, 0.15) is 76.6 Å². The number of hydrogen-bond donors (Lipinski definition) is 1. The lowest BCUT2D eigenvalue weighted by atomic mass is 10.0. The molecule has 1 aliphatic heterocycles. The zero-order valence-electron chi connectivity index (χ0n) is 12.6. The van der Waals surface area contributed by atoms with Crippen LogP contribution >= 0.6 is 0 Å². The molecule has 3 nitrogen and oxygen atoms in total. The van der Waals surface area contributed by atoms with Crippen molar-refractivity contribution in [3.8, 4) is 0 Å². The minimum absolute atomic E-state index is 0.0503. The summed E-state index contributed by atoms with van der Waals surface area (Å²) >= 11 is 0. The molecule has 0 bridgehead atoms. The molecule has 1 aliphatic rings. The van der Waals surface area contributed by atoms with E-state index >= 15 is 0 Å². The highest BCUT2D eigenvalue weighted by molar-refractivity contribution is 5.08. The molecular formula is C17H28O3. The van der Waals surface area contributed by atoms with Crippen molar-refractivity contribution in [1.29, 1.82) is 0 Å². The van der Waals surface area contributed by atoms with Crippen LogP contribution in [0.3, 0.4) is 0 Å². The van der Waals surface area contributed by atoms with Gasteiger partial charge in [-0.15, -0.1) is 0 Å². The summed E-state index contributed by atoms with van der Waals surface area (Å²) in [6, 6.07) is 3.61. The Morgan fingerprint density at radius 3 is 2.45 bits per heavy atom. The summed E-state index contributed by atoms with van der Waals surface area (Å²) in [6.07, 6.45) is 12.9. The fourth-order valence-corrected chi connectivity index (χ4v) is 2.77. The van der Waals surface area contributed by atoms with E-state index in [0.29, 0.717) is 5.76 Å². The largest absolute Gasteiger partial charge is 0.466 e. The Kier molecular flexibility index (Phi) is 6.61. The number of aliphatic hydroxyl groups excluding tert-OH is 1. The van der Waals surface area contributed by atoms with E-state index in [1.165, 1.54) is 51.4 Å². The summed E-state index contributed by atoms with van der Waals surface area (Å²) in [5.74, 6) is 0.619. The Labute approximate surface area is 122 Å². The molecule has 0 aromatic carbocycles. The molecule has 2 heterocycles.